The number of benzene rings is 2. The van der Waals surface area contributed by atoms with E-state index in [-0.39, 0.29) is 5.38 Å². The van der Waals surface area contributed by atoms with Gasteiger partial charge in [0, 0.05) is 14.5 Å². The van der Waals surface area contributed by atoms with Crippen LogP contribution in [0.4, 0.5) is 0 Å². The number of rotatable bonds is 2. The van der Waals surface area contributed by atoms with Crippen LogP contribution in [0.15, 0.2) is 40.9 Å². The van der Waals surface area contributed by atoms with Gasteiger partial charge in [0.25, 0.3) is 0 Å². The Labute approximate surface area is 130 Å². The lowest BCUT2D eigenvalue weighted by atomic mass is 10.00. The topological polar surface area (TPSA) is 0 Å². The van der Waals surface area contributed by atoms with Gasteiger partial charge >= 0.3 is 0 Å². The summed E-state index contributed by atoms with van der Waals surface area (Å²) in [6.07, 6.45) is 0. The quantitative estimate of drug-likeness (QED) is 0.541. The van der Waals surface area contributed by atoms with Crippen LogP contribution in [-0.4, -0.2) is 0 Å². The molecule has 0 saturated carbocycles. The van der Waals surface area contributed by atoms with Gasteiger partial charge in [0.15, 0.2) is 0 Å². The average Bonchev–Trinajstić information content (AvgIpc) is 2.31. The second-order valence-corrected chi connectivity index (χ2v) is 6.23. The predicted molar refractivity (Wildman–Crippen MR) is 83.0 cm³/mol. The lowest BCUT2D eigenvalue weighted by molar-refractivity contribution is 1.11. The lowest BCUT2D eigenvalue weighted by Gasteiger charge is -2.15. The largest absolute Gasteiger partial charge is 0.113 e. The van der Waals surface area contributed by atoms with Crippen LogP contribution < -0.4 is 0 Å². The van der Waals surface area contributed by atoms with Crippen molar-refractivity contribution in [2.75, 3.05) is 0 Å². The van der Waals surface area contributed by atoms with E-state index in [1.165, 1.54) is 0 Å². The Balaban J connectivity index is 2.47. The minimum Gasteiger partial charge on any atom is -0.113 e. The number of hydrogen-bond donors (Lipinski definition) is 0. The maximum atomic E-state index is 6.52. The molecule has 2 rings (SSSR count). The van der Waals surface area contributed by atoms with Crippen LogP contribution in [0.5, 0.6) is 0 Å². The van der Waals surface area contributed by atoms with Crippen molar-refractivity contribution in [3.05, 3.63) is 67.6 Å². The van der Waals surface area contributed by atoms with E-state index in [0.717, 1.165) is 21.2 Å². The van der Waals surface area contributed by atoms with Gasteiger partial charge in [-0.1, -0.05) is 51.3 Å². The molecule has 1 atom stereocenters. The molecule has 18 heavy (non-hydrogen) atoms. The van der Waals surface area contributed by atoms with Gasteiger partial charge < -0.3 is 0 Å². The summed E-state index contributed by atoms with van der Waals surface area (Å²) < 4.78 is 0.999. The summed E-state index contributed by atoms with van der Waals surface area (Å²) in [6, 6.07) is 11.4. The first-order valence-electron chi connectivity index (χ1n) is 5.34. The van der Waals surface area contributed by atoms with Gasteiger partial charge in [0.1, 0.15) is 0 Å². The van der Waals surface area contributed by atoms with Crippen molar-refractivity contribution in [1.29, 1.82) is 0 Å². The van der Waals surface area contributed by atoms with Crippen molar-refractivity contribution in [3.8, 4) is 0 Å². The van der Waals surface area contributed by atoms with E-state index in [2.05, 4.69) is 15.9 Å². The van der Waals surface area contributed by atoms with Crippen molar-refractivity contribution >= 4 is 50.7 Å². The fraction of sp³-hybridized carbons (Fsp3) is 0.143. The highest BCUT2D eigenvalue weighted by Crippen LogP contribution is 2.37. The number of aryl methyl sites for hydroxylation is 1. The Morgan fingerprint density at radius 2 is 1.72 bits per heavy atom. The Morgan fingerprint density at radius 3 is 2.39 bits per heavy atom. The fourth-order valence-electron chi connectivity index (χ4n) is 1.76. The van der Waals surface area contributed by atoms with Crippen molar-refractivity contribution in [1.82, 2.24) is 0 Å². The average molecular weight is 364 g/mol. The molecule has 94 valence electrons. The molecule has 0 fully saturated rings. The molecule has 0 aliphatic heterocycles. The Morgan fingerprint density at radius 1 is 1.00 bits per heavy atom. The second kappa shape index (κ2) is 5.83. The zero-order valence-electron chi connectivity index (χ0n) is 9.55. The summed E-state index contributed by atoms with van der Waals surface area (Å²) in [7, 11) is 0. The molecule has 0 spiro atoms. The summed E-state index contributed by atoms with van der Waals surface area (Å²) in [5.41, 5.74) is 3.03. The van der Waals surface area contributed by atoms with Gasteiger partial charge in [-0.25, -0.2) is 0 Å². The molecule has 1 unspecified atom stereocenters. The summed E-state index contributed by atoms with van der Waals surface area (Å²) in [6.45, 7) is 2.03. The number of hydrogen-bond acceptors (Lipinski definition) is 0. The SMILES string of the molecule is Cc1ccc(Br)cc1C(Cl)c1ccc(Cl)cc1Cl. The van der Waals surface area contributed by atoms with Gasteiger partial charge in [-0.2, -0.15) is 0 Å². The van der Waals surface area contributed by atoms with Crippen LogP contribution >= 0.6 is 50.7 Å². The lowest BCUT2D eigenvalue weighted by Crippen LogP contribution is -1.97. The highest BCUT2D eigenvalue weighted by molar-refractivity contribution is 9.10. The molecule has 0 aromatic heterocycles. The first-order valence-corrected chi connectivity index (χ1v) is 7.32. The highest BCUT2D eigenvalue weighted by Gasteiger charge is 2.16. The number of halogens is 4. The standard InChI is InChI=1S/C14H10BrCl3/c1-8-2-3-9(15)6-12(8)14(18)11-5-4-10(16)7-13(11)17/h2-7,14H,1H3. The Kier molecular flexibility index (Phi) is 4.60. The maximum Gasteiger partial charge on any atom is 0.0852 e. The van der Waals surface area contributed by atoms with E-state index in [0.29, 0.717) is 10.0 Å². The molecule has 0 amide bonds. The van der Waals surface area contributed by atoms with E-state index in [9.17, 15) is 0 Å². The third kappa shape index (κ3) is 3.03. The molecule has 0 aliphatic carbocycles. The molecule has 4 heteroatoms. The fourth-order valence-corrected chi connectivity index (χ4v) is 3.14. The molecule has 0 radical (unpaired) electrons. The molecule has 2 aromatic rings. The molecule has 0 heterocycles. The molecule has 0 N–H and O–H groups in total. The third-order valence-electron chi connectivity index (χ3n) is 2.75. The maximum absolute atomic E-state index is 6.52. The minimum atomic E-state index is -0.285. The molecular formula is C14H10BrCl3. The van der Waals surface area contributed by atoms with E-state index >= 15 is 0 Å². The Bertz CT molecular complexity index is 581. The molecule has 0 bridgehead atoms. The zero-order valence-corrected chi connectivity index (χ0v) is 13.4. The first-order chi connectivity index (χ1) is 8.49. The van der Waals surface area contributed by atoms with Crippen molar-refractivity contribution in [2.24, 2.45) is 0 Å². The van der Waals surface area contributed by atoms with Crippen molar-refractivity contribution < 1.29 is 0 Å². The predicted octanol–water partition coefficient (Wildman–Crippen LogP) is 6.39. The van der Waals surface area contributed by atoms with E-state index < -0.39 is 0 Å². The zero-order chi connectivity index (χ0) is 13.3. The van der Waals surface area contributed by atoms with E-state index in [4.69, 9.17) is 34.8 Å². The van der Waals surface area contributed by atoms with Gasteiger partial charge in [0.05, 0.1) is 5.38 Å². The van der Waals surface area contributed by atoms with Crippen molar-refractivity contribution in [2.45, 2.75) is 12.3 Å². The molecule has 0 saturated heterocycles. The summed E-state index contributed by atoms with van der Waals surface area (Å²) in [5, 5.41) is 0.910. The summed E-state index contributed by atoms with van der Waals surface area (Å²) >= 11 is 22.0. The third-order valence-corrected chi connectivity index (χ3v) is 4.28. The van der Waals surface area contributed by atoms with Gasteiger partial charge in [-0.15, -0.1) is 11.6 Å². The molecule has 0 nitrogen and oxygen atoms in total. The van der Waals surface area contributed by atoms with Gasteiger partial charge in [-0.05, 0) is 47.9 Å². The summed E-state index contributed by atoms with van der Waals surface area (Å²) in [4.78, 5) is 0. The van der Waals surface area contributed by atoms with E-state index in [1.807, 2.05) is 31.2 Å². The smallest absolute Gasteiger partial charge is 0.0852 e. The molecule has 0 aliphatic rings. The first kappa shape index (κ1) is 14.2. The van der Waals surface area contributed by atoms with Gasteiger partial charge in [-0.3, -0.25) is 0 Å². The van der Waals surface area contributed by atoms with Crippen LogP contribution in [0.3, 0.4) is 0 Å². The second-order valence-electron chi connectivity index (χ2n) is 4.03. The van der Waals surface area contributed by atoms with Crippen LogP contribution in [0.25, 0.3) is 0 Å². The monoisotopic (exact) mass is 362 g/mol. The summed E-state index contributed by atoms with van der Waals surface area (Å²) in [5.74, 6) is 0. The number of alkyl halides is 1. The van der Waals surface area contributed by atoms with Crippen LogP contribution in [0.2, 0.25) is 10.0 Å². The van der Waals surface area contributed by atoms with Crippen LogP contribution in [0.1, 0.15) is 22.1 Å². The normalized spacial score (nSPS) is 12.5. The molecule has 2 aromatic carbocycles. The van der Waals surface area contributed by atoms with Crippen LogP contribution in [0, 0.1) is 6.92 Å². The van der Waals surface area contributed by atoms with Crippen molar-refractivity contribution in [3.63, 3.8) is 0 Å². The Hall–Kier alpha value is -0.210. The molecular weight excluding hydrogens is 354 g/mol. The van der Waals surface area contributed by atoms with Gasteiger partial charge in [0.2, 0.25) is 0 Å². The van der Waals surface area contributed by atoms with E-state index in [1.54, 1.807) is 12.1 Å². The van der Waals surface area contributed by atoms with Crippen LogP contribution in [-0.2, 0) is 0 Å². The minimum absolute atomic E-state index is 0.285. The highest BCUT2D eigenvalue weighted by atomic mass is 79.9.